The van der Waals surface area contributed by atoms with Gasteiger partial charge in [0.25, 0.3) is 0 Å². The van der Waals surface area contributed by atoms with Gasteiger partial charge in [-0.05, 0) is 30.5 Å². The molecule has 0 aromatic heterocycles. The normalized spacial score (nSPS) is 17.0. The maximum atomic E-state index is 5.63. The summed E-state index contributed by atoms with van der Waals surface area (Å²) in [6, 6.07) is 9.42. The van der Waals surface area contributed by atoms with Crippen molar-refractivity contribution in [3.05, 3.63) is 29.8 Å². The predicted octanol–water partition coefficient (Wildman–Crippen LogP) is 2.49. The van der Waals surface area contributed by atoms with Crippen LogP contribution in [0.15, 0.2) is 29.3 Å². The van der Waals surface area contributed by atoms with Crippen molar-refractivity contribution in [3.63, 3.8) is 0 Å². The SMILES string of the molecule is CN=C(N)NCc1ccc(N(C)C2CCCCC2)cc1. The monoisotopic (exact) mass is 274 g/mol. The summed E-state index contributed by atoms with van der Waals surface area (Å²) >= 11 is 0. The number of rotatable bonds is 4. The number of aliphatic imine (C=N–C) groups is 1. The fourth-order valence-electron chi connectivity index (χ4n) is 2.80. The molecule has 0 saturated heterocycles. The third-order valence-corrected chi connectivity index (χ3v) is 4.18. The van der Waals surface area contributed by atoms with Crippen LogP contribution < -0.4 is 16.0 Å². The van der Waals surface area contributed by atoms with Crippen LogP contribution in [0.4, 0.5) is 5.69 Å². The molecular weight excluding hydrogens is 248 g/mol. The summed E-state index contributed by atoms with van der Waals surface area (Å²) < 4.78 is 0. The number of guanidine groups is 1. The summed E-state index contributed by atoms with van der Waals surface area (Å²) in [6.07, 6.45) is 6.78. The van der Waals surface area contributed by atoms with Gasteiger partial charge in [-0.2, -0.15) is 0 Å². The summed E-state index contributed by atoms with van der Waals surface area (Å²) in [4.78, 5) is 6.31. The van der Waals surface area contributed by atoms with Gasteiger partial charge in [0.2, 0.25) is 0 Å². The Kier molecular flexibility index (Phi) is 5.27. The van der Waals surface area contributed by atoms with E-state index in [2.05, 4.69) is 46.5 Å². The van der Waals surface area contributed by atoms with Crippen LogP contribution in [0.5, 0.6) is 0 Å². The lowest BCUT2D eigenvalue weighted by Crippen LogP contribution is -2.33. The largest absolute Gasteiger partial charge is 0.372 e. The second kappa shape index (κ2) is 7.17. The standard InChI is InChI=1S/C16H26N4/c1-18-16(17)19-12-13-8-10-15(11-9-13)20(2)14-6-4-3-5-7-14/h8-11,14H,3-7,12H2,1-2H3,(H3,17,18,19). The number of anilines is 1. The summed E-state index contributed by atoms with van der Waals surface area (Å²) in [5.41, 5.74) is 8.15. The second-order valence-electron chi connectivity index (χ2n) is 5.53. The van der Waals surface area contributed by atoms with E-state index < -0.39 is 0 Å². The summed E-state index contributed by atoms with van der Waals surface area (Å²) in [5, 5.41) is 3.07. The molecule has 0 radical (unpaired) electrons. The molecular formula is C16H26N4. The lowest BCUT2D eigenvalue weighted by Gasteiger charge is -2.33. The minimum absolute atomic E-state index is 0.480. The molecule has 0 bridgehead atoms. The number of nitrogens with one attached hydrogen (secondary N) is 1. The molecule has 0 amide bonds. The molecule has 0 atom stereocenters. The van der Waals surface area contributed by atoms with Crippen molar-refractivity contribution in [3.8, 4) is 0 Å². The van der Waals surface area contributed by atoms with Gasteiger partial charge >= 0.3 is 0 Å². The zero-order valence-corrected chi connectivity index (χ0v) is 12.6. The first kappa shape index (κ1) is 14.7. The quantitative estimate of drug-likeness (QED) is 0.655. The Morgan fingerprint density at radius 1 is 1.25 bits per heavy atom. The topological polar surface area (TPSA) is 53.6 Å². The molecule has 0 spiro atoms. The van der Waals surface area contributed by atoms with Gasteiger partial charge in [0.05, 0.1) is 0 Å². The van der Waals surface area contributed by atoms with Crippen LogP contribution >= 0.6 is 0 Å². The predicted molar refractivity (Wildman–Crippen MR) is 86.1 cm³/mol. The number of nitrogens with two attached hydrogens (primary N) is 1. The van der Waals surface area contributed by atoms with Crippen LogP contribution in [-0.2, 0) is 6.54 Å². The van der Waals surface area contributed by atoms with E-state index in [1.165, 1.54) is 43.4 Å². The van der Waals surface area contributed by atoms with Crippen molar-refractivity contribution < 1.29 is 0 Å². The molecule has 20 heavy (non-hydrogen) atoms. The number of hydrogen-bond acceptors (Lipinski definition) is 2. The maximum absolute atomic E-state index is 5.63. The molecule has 1 aromatic rings. The molecule has 1 aliphatic carbocycles. The lowest BCUT2D eigenvalue weighted by atomic mass is 9.94. The number of benzene rings is 1. The van der Waals surface area contributed by atoms with Gasteiger partial charge in [0.15, 0.2) is 5.96 Å². The zero-order chi connectivity index (χ0) is 14.4. The molecule has 0 unspecified atom stereocenters. The van der Waals surface area contributed by atoms with Gasteiger partial charge in [-0.3, -0.25) is 4.99 Å². The van der Waals surface area contributed by atoms with E-state index in [-0.39, 0.29) is 0 Å². The molecule has 3 N–H and O–H groups in total. The average molecular weight is 274 g/mol. The van der Waals surface area contributed by atoms with E-state index in [4.69, 9.17) is 5.73 Å². The average Bonchev–Trinajstić information content (AvgIpc) is 2.53. The summed E-state index contributed by atoms with van der Waals surface area (Å²) in [7, 11) is 3.90. The van der Waals surface area contributed by atoms with Crippen molar-refractivity contribution in [1.29, 1.82) is 0 Å². The van der Waals surface area contributed by atoms with Crippen LogP contribution in [-0.4, -0.2) is 26.1 Å². The van der Waals surface area contributed by atoms with Crippen LogP contribution in [0.3, 0.4) is 0 Å². The van der Waals surface area contributed by atoms with Crippen LogP contribution in [0.25, 0.3) is 0 Å². The smallest absolute Gasteiger partial charge is 0.188 e. The Bertz CT molecular complexity index is 432. The first-order chi connectivity index (χ1) is 9.70. The van der Waals surface area contributed by atoms with Gasteiger partial charge < -0.3 is 16.0 Å². The van der Waals surface area contributed by atoms with Crippen molar-refractivity contribution in [2.75, 3.05) is 19.0 Å². The minimum Gasteiger partial charge on any atom is -0.372 e. The van der Waals surface area contributed by atoms with Gasteiger partial charge in [-0.25, -0.2) is 0 Å². The van der Waals surface area contributed by atoms with Crippen molar-refractivity contribution in [1.82, 2.24) is 5.32 Å². The lowest BCUT2D eigenvalue weighted by molar-refractivity contribution is 0.427. The highest BCUT2D eigenvalue weighted by Gasteiger charge is 2.18. The Morgan fingerprint density at radius 3 is 2.50 bits per heavy atom. The third-order valence-electron chi connectivity index (χ3n) is 4.18. The fourth-order valence-corrected chi connectivity index (χ4v) is 2.80. The zero-order valence-electron chi connectivity index (χ0n) is 12.6. The first-order valence-electron chi connectivity index (χ1n) is 7.48. The van der Waals surface area contributed by atoms with Crippen LogP contribution in [0.2, 0.25) is 0 Å². The number of hydrogen-bond donors (Lipinski definition) is 2. The highest BCUT2D eigenvalue weighted by Crippen LogP contribution is 2.26. The molecule has 4 heteroatoms. The second-order valence-corrected chi connectivity index (χ2v) is 5.53. The van der Waals surface area contributed by atoms with E-state index in [1.807, 2.05) is 0 Å². The Hall–Kier alpha value is -1.71. The van der Waals surface area contributed by atoms with E-state index in [9.17, 15) is 0 Å². The first-order valence-corrected chi connectivity index (χ1v) is 7.48. The Morgan fingerprint density at radius 2 is 1.90 bits per heavy atom. The van der Waals surface area contributed by atoms with Gasteiger partial charge in [-0.15, -0.1) is 0 Å². The van der Waals surface area contributed by atoms with E-state index in [0.717, 1.165) is 6.54 Å². The molecule has 2 rings (SSSR count). The molecule has 0 aliphatic heterocycles. The Balaban J connectivity index is 1.93. The van der Waals surface area contributed by atoms with Crippen molar-refractivity contribution in [2.45, 2.75) is 44.7 Å². The van der Waals surface area contributed by atoms with Crippen LogP contribution in [0, 0.1) is 0 Å². The highest BCUT2D eigenvalue weighted by molar-refractivity contribution is 5.77. The molecule has 4 nitrogen and oxygen atoms in total. The van der Waals surface area contributed by atoms with E-state index in [0.29, 0.717) is 12.0 Å². The van der Waals surface area contributed by atoms with E-state index >= 15 is 0 Å². The fraction of sp³-hybridized carbons (Fsp3) is 0.562. The summed E-state index contributed by atoms with van der Waals surface area (Å²) in [6.45, 7) is 0.719. The summed E-state index contributed by atoms with van der Waals surface area (Å²) in [5.74, 6) is 0.480. The molecule has 1 fully saturated rings. The highest BCUT2D eigenvalue weighted by atomic mass is 15.1. The molecule has 1 saturated carbocycles. The maximum Gasteiger partial charge on any atom is 0.188 e. The molecule has 0 heterocycles. The van der Waals surface area contributed by atoms with E-state index in [1.54, 1.807) is 7.05 Å². The third kappa shape index (κ3) is 3.89. The molecule has 1 aromatic carbocycles. The molecule has 110 valence electrons. The van der Waals surface area contributed by atoms with Gasteiger partial charge in [0, 0.05) is 32.4 Å². The number of nitrogens with zero attached hydrogens (tertiary/aromatic N) is 2. The van der Waals surface area contributed by atoms with Crippen molar-refractivity contribution >= 4 is 11.6 Å². The van der Waals surface area contributed by atoms with Crippen molar-refractivity contribution in [2.24, 2.45) is 10.7 Å². The minimum atomic E-state index is 0.480. The Labute approximate surface area is 122 Å². The van der Waals surface area contributed by atoms with Gasteiger partial charge in [-0.1, -0.05) is 31.4 Å². The molecule has 1 aliphatic rings. The van der Waals surface area contributed by atoms with Gasteiger partial charge in [0.1, 0.15) is 0 Å². The van der Waals surface area contributed by atoms with Crippen LogP contribution in [0.1, 0.15) is 37.7 Å².